The van der Waals surface area contributed by atoms with E-state index in [0.29, 0.717) is 10.6 Å². The zero-order chi connectivity index (χ0) is 20.4. The van der Waals surface area contributed by atoms with Crippen LogP contribution in [0.3, 0.4) is 0 Å². The molecule has 0 spiro atoms. The lowest BCUT2D eigenvalue weighted by atomic mass is 10.1. The van der Waals surface area contributed by atoms with E-state index in [1.165, 1.54) is 6.92 Å². The van der Waals surface area contributed by atoms with Crippen LogP contribution in [0.4, 0.5) is 5.69 Å². The number of nitriles is 1. The SMILES string of the molecule is Cc1cc2cc(C#N)c(SCC(=O)Nc3c(C)[nH]c(=O)[nH]c3=O)nc2cc1C. The maximum Gasteiger partial charge on any atom is 0.326 e. The molecular weight excluding hydrogens is 378 g/mol. The Labute approximate surface area is 164 Å². The van der Waals surface area contributed by atoms with Crippen LogP contribution in [0.1, 0.15) is 22.4 Å². The molecule has 8 nitrogen and oxygen atoms in total. The fourth-order valence-corrected chi connectivity index (χ4v) is 3.44. The summed E-state index contributed by atoms with van der Waals surface area (Å²) >= 11 is 1.11. The Morgan fingerprint density at radius 1 is 1.18 bits per heavy atom. The van der Waals surface area contributed by atoms with Gasteiger partial charge in [-0.05, 0) is 50.1 Å². The van der Waals surface area contributed by atoms with Gasteiger partial charge in [0, 0.05) is 11.1 Å². The number of aryl methyl sites for hydroxylation is 3. The van der Waals surface area contributed by atoms with Crippen LogP contribution >= 0.6 is 11.8 Å². The van der Waals surface area contributed by atoms with E-state index in [0.717, 1.165) is 33.8 Å². The van der Waals surface area contributed by atoms with Crippen molar-refractivity contribution in [2.24, 2.45) is 0 Å². The van der Waals surface area contributed by atoms with E-state index < -0.39 is 17.2 Å². The number of anilines is 1. The highest BCUT2D eigenvalue weighted by Gasteiger charge is 2.14. The van der Waals surface area contributed by atoms with Crippen LogP contribution in [-0.2, 0) is 4.79 Å². The predicted octanol–water partition coefficient (Wildman–Crippen LogP) is 2.14. The molecule has 0 radical (unpaired) electrons. The highest BCUT2D eigenvalue weighted by molar-refractivity contribution is 8.00. The van der Waals surface area contributed by atoms with E-state index in [1.54, 1.807) is 6.07 Å². The normalized spacial score (nSPS) is 10.6. The number of carbonyl (C=O) groups excluding carboxylic acids is 1. The molecule has 3 N–H and O–H groups in total. The van der Waals surface area contributed by atoms with Crippen molar-refractivity contribution in [3.8, 4) is 6.07 Å². The van der Waals surface area contributed by atoms with Crippen molar-refractivity contribution in [1.82, 2.24) is 15.0 Å². The number of hydrogen-bond donors (Lipinski definition) is 3. The third kappa shape index (κ3) is 3.97. The lowest BCUT2D eigenvalue weighted by Crippen LogP contribution is -2.29. The Kier molecular flexibility index (Phi) is 5.33. The van der Waals surface area contributed by atoms with Crippen LogP contribution in [0, 0.1) is 32.1 Å². The summed E-state index contributed by atoms with van der Waals surface area (Å²) < 4.78 is 0. The van der Waals surface area contributed by atoms with Gasteiger partial charge in [-0.15, -0.1) is 0 Å². The van der Waals surface area contributed by atoms with Crippen molar-refractivity contribution in [2.45, 2.75) is 25.8 Å². The molecule has 9 heteroatoms. The van der Waals surface area contributed by atoms with Gasteiger partial charge in [0.2, 0.25) is 5.91 Å². The number of amides is 1. The number of aromatic amines is 2. The van der Waals surface area contributed by atoms with Crippen LogP contribution in [0.5, 0.6) is 0 Å². The molecule has 0 saturated carbocycles. The highest BCUT2D eigenvalue weighted by atomic mass is 32.2. The molecule has 2 aromatic heterocycles. The minimum atomic E-state index is -0.674. The van der Waals surface area contributed by atoms with Gasteiger partial charge in [-0.3, -0.25) is 14.6 Å². The number of benzene rings is 1. The summed E-state index contributed by atoms with van der Waals surface area (Å²) in [6.07, 6.45) is 0. The second-order valence-corrected chi connectivity index (χ2v) is 7.29. The van der Waals surface area contributed by atoms with Gasteiger partial charge in [0.25, 0.3) is 5.56 Å². The fourth-order valence-electron chi connectivity index (χ4n) is 2.67. The maximum atomic E-state index is 12.2. The number of H-pyrrole nitrogens is 2. The maximum absolute atomic E-state index is 12.2. The van der Waals surface area contributed by atoms with Crippen LogP contribution in [0.25, 0.3) is 10.9 Å². The first-order valence-electron chi connectivity index (χ1n) is 8.36. The van der Waals surface area contributed by atoms with Crippen molar-refractivity contribution in [3.63, 3.8) is 0 Å². The van der Waals surface area contributed by atoms with Gasteiger partial charge in [-0.2, -0.15) is 5.26 Å². The number of hydrogen-bond acceptors (Lipinski definition) is 6. The molecule has 0 aliphatic rings. The summed E-state index contributed by atoms with van der Waals surface area (Å²) in [4.78, 5) is 44.3. The molecule has 0 saturated heterocycles. The number of aromatic nitrogens is 3. The first kappa shape index (κ1) is 19.4. The van der Waals surface area contributed by atoms with E-state index in [9.17, 15) is 19.6 Å². The lowest BCUT2D eigenvalue weighted by Gasteiger charge is -2.09. The van der Waals surface area contributed by atoms with Gasteiger partial charge in [0.1, 0.15) is 16.8 Å². The smallest absolute Gasteiger partial charge is 0.319 e. The Morgan fingerprint density at radius 3 is 2.57 bits per heavy atom. The van der Waals surface area contributed by atoms with Crippen molar-refractivity contribution < 1.29 is 4.79 Å². The van der Waals surface area contributed by atoms with E-state index in [4.69, 9.17) is 0 Å². The van der Waals surface area contributed by atoms with Gasteiger partial charge < -0.3 is 10.3 Å². The molecule has 1 aromatic carbocycles. The number of carbonyl (C=O) groups is 1. The summed E-state index contributed by atoms with van der Waals surface area (Å²) in [6, 6.07) is 7.79. The fraction of sp³-hybridized carbons (Fsp3) is 0.211. The van der Waals surface area contributed by atoms with E-state index in [-0.39, 0.29) is 17.1 Å². The van der Waals surface area contributed by atoms with Crippen molar-refractivity contribution in [1.29, 1.82) is 5.26 Å². The van der Waals surface area contributed by atoms with Crippen LogP contribution in [0.2, 0.25) is 0 Å². The molecule has 3 rings (SSSR count). The quantitative estimate of drug-likeness (QED) is 0.580. The molecule has 1 amide bonds. The molecule has 0 aliphatic heterocycles. The Morgan fingerprint density at radius 2 is 1.89 bits per heavy atom. The van der Waals surface area contributed by atoms with Gasteiger partial charge in [-0.25, -0.2) is 9.78 Å². The largest absolute Gasteiger partial charge is 0.326 e. The van der Waals surface area contributed by atoms with Crippen LogP contribution in [0.15, 0.2) is 32.8 Å². The highest BCUT2D eigenvalue weighted by Crippen LogP contribution is 2.26. The lowest BCUT2D eigenvalue weighted by molar-refractivity contribution is -0.113. The minimum Gasteiger partial charge on any atom is -0.319 e. The summed E-state index contributed by atoms with van der Waals surface area (Å²) in [5.74, 6) is -0.493. The molecule has 3 aromatic rings. The Balaban J connectivity index is 1.82. The van der Waals surface area contributed by atoms with Gasteiger partial charge >= 0.3 is 5.69 Å². The number of rotatable bonds is 4. The standard InChI is InChI=1S/C19H17N5O3S/c1-9-4-12-6-13(7-20)18(22-14(12)5-10(9)2)28-8-15(25)23-16-11(3)21-19(27)24-17(16)26/h4-6H,8H2,1-3H3,(H,23,25)(H2,21,24,26,27). The molecule has 0 fully saturated rings. The summed E-state index contributed by atoms with van der Waals surface area (Å²) in [5.41, 5.74) is 2.27. The number of nitrogens with one attached hydrogen (secondary N) is 3. The van der Waals surface area contributed by atoms with Crippen LogP contribution < -0.4 is 16.6 Å². The van der Waals surface area contributed by atoms with Gasteiger partial charge in [0.15, 0.2) is 0 Å². The second kappa shape index (κ2) is 7.70. The van der Waals surface area contributed by atoms with Crippen molar-refractivity contribution >= 4 is 34.3 Å². The molecule has 0 atom stereocenters. The van der Waals surface area contributed by atoms with E-state index >= 15 is 0 Å². The number of pyridine rings is 1. The Hall–Kier alpha value is -3.38. The van der Waals surface area contributed by atoms with Crippen molar-refractivity contribution in [3.05, 3.63) is 61.4 Å². The predicted molar refractivity (Wildman–Crippen MR) is 108 cm³/mol. The summed E-state index contributed by atoms with van der Waals surface area (Å²) in [6.45, 7) is 5.50. The number of nitrogens with zero attached hydrogens (tertiary/aromatic N) is 2. The van der Waals surface area contributed by atoms with Gasteiger partial charge in [0.05, 0.1) is 16.8 Å². The molecule has 142 valence electrons. The molecular formula is C19H17N5O3S. The Bertz CT molecular complexity index is 1250. The van der Waals surface area contributed by atoms with E-state index in [1.807, 2.05) is 26.0 Å². The van der Waals surface area contributed by atoms with Gasteiger partial charge in [-0.1, -0.05) is 11.8 Å². The first-order chi connectivity index (χ1) is 13.3. The molecule has 0 aliphatic carbocycles. The number of thioether (sulfide) groups is 1. The third-order valence-corrected chi connectivity index (χ3v) is 5.24. The molecule has 0 bridgehead atoms. The molecule has 28 heavy (non-hydrogen) atoms. The summed E-state index contributed by atoms with van der Waals surface area (Å²) in [7, 11) is 0. The monoisotopic (exact) mass is 395 g/mol. The zero-order valence-corrected chi connectivity index (χ0v) is 16.3. The topological polar surface area (TPSA) is 132 Å². The van der Waals surface area contributed by atoms with E-state index in [2.05, 4.69) is 26.3 Å². The van der Waals surface area contributed by atoms with Crippen LogP contribution in [-0.4, -0.2) is 26.6 Å². The summed E-state index contributed by atoms with van der Waals surface area (Å²) in [5, 5.41) is 13.2. The second-order valence-electron chi connectivity index (χ2n) is 6.33. The molecule has 0 unspecified atom stereocenters. The molecule has 2 heterocycles. The zero-order valence-electron chi connectivity index (χ0n) is 15.5. The number of fused-ring (bicyclic) bond motifs is 1. The van der Waals surface area contributed by atoms with Crippen molar-refractivity contribution in [2.75, 3.05) is 11.1 Å². The average Bonchev–Trinajstić information content (AvgIpc) is 2.63. The minimum absolute atomic E-state index is 0.0109. The third-order valence-electron chi connectivity index (χ3n) is 4.25. The average molecular weight is 395 g/mol. The first-order valence-corrected chi connectivity index (χ1v) is 9.35.